The second-order valence-electron chi connectivity index (χ2n) is 4.99. The van der Waals surface area contributed by atoms with E-state index in [2.05, 4.69) is 19.9 Å². The van der Waals surface area contributed by atoms with E-state index in [1.54, 1.807) is 0 Å². The van der Waals surface area contributed by atoms with Crippen molar-refractivity contribution < 1.29 is 4.79 Å². The van der Waals surface area contributed by atoms with Crippen LogP contribution in [-0.4, -0.2) is 23.4 Å². The number of piperidine rings is 1. The predicted molar refractivity (Wildman–Crippen MR) is 63.6 cm³/mol. The number of rotatable bonds is 3. The van der Waals surface area contributed by atoms with Crippen molar-refractivity contribution in [3.63, 3.8) is 0 Å². The molecule has 0 N–H and O–H groups in total. The molecule has 1 fully saturated rings. The molecular weight excluding hydrogens is 200 g/mol. The molecule has 0 radical (unpaired) electrons. The average Bonchev–Trinajstić information content (AvgIpc) is 2.28. The van der Waals surface area contributed by atoms with Gasteiger partial charge < -0.3 is 4.90 Å². The second kappa shape index (κ2) is 5.89. The van der Waals surface area contributed by atoms with Crippen LogP contribution in [0, 0.1) is 23.2 Å². The fraction of sp³-hybridized carbons (Fsp3) is 0.846. The minimum atomic E-state index is -0.433. The van der Waals surface area contributed by atoms with Gasteiger partial charge in [-0.15, -0.1) is 0 Å². The molecule has 1 saturated heterocycles. The third-order valence-corrected chi connectivity index (χ3v) is 3.43. The number of carbonyl (C=O) groups is 1. The van der Waals surface area contributed by atoms with Gasteiger partial charge in [-0.2, -0.15) is 5.26 Å². The molecule has 3 atom stereocenters. The van der Waals surface area contributed by atoms with Gasteiger partial charge in [-0.05, 0) is 32.1 Å². The van der Waals surface area contributed by atoms with Gasteiger partial charge in [0, 0.05) is 12.6 Å². The van der Waals surface area contributed by atoms with Gasteiger partial charge in [0.15, 0.2) is 0 Å². The Morgan fingerprint density at radius 2 is 2.19 bits per heavy atom. The van der Waals surface area contributed by atoms with Crippen molar-refractivity contribution in [3.8, 4) is 6.07 Å². The number of carbonyl (C=O) groups excluding carboxylic acids is 1. The smallest absolute Gasteiger partial charge is 0.240 e. The van der Waals surface area contributed by atoms with Crippen LogP contribution >= 0.6 is 0 Å². The summed E-state index contributed by atoms with van der Waals surface area (Å²) in [7, 11) is 0. The Bertz CT molecular complexity index is 282. The topological polar surface area (TPSA) is 44.1 Å². The molecule has 1 heterocycles. The lowest BCUT2D eigenvalue weighted by molar-refractivity contribution is -0.138. The molecule has 16 heavy (non-hydrogen) atoms. The van der Waals surface area contributed by atoms with Crippen LogP contribution in [0.25, 0.3) is 0 Å². The number of hydrogen-bond donors (Lipinski definition) is 0. The first-order valence-electron chi connectivity index (χ1n) is 6.30. The van der Waals surface area contributed by atoms with Crippen LogP contribution in [0.1, 0.15) is 46.5 Å². The molecule has 3 unspecified atom stereocenters. The van der Waals surface area contributed by atoms with Crippen molar-refractivity contribution in [2.75, 3.05) is 6.54 Å². The first-order valence-corrected chi connectivity index (χ1v) is 6.30. The van der Waals surface area contributed by atoms with Crippen LogP contribution in [0.4, 0.5) is 0 Å². The van der Waals surface area contributed by atoms with Gasteiger partial charge in [-0.25, -0.2) is 0 Å². The summed E-state index contributed by atoms with van der Waals surface area (Å²) in [5.41, 5.74) is 0. The number of amides is 1. The Labute approximate surface area is 98.4 Å². The molecule has 3 nitrogen and oxygen atoms in total. The lowest BCUT2D eigenvalue weighted by Crippen LogP contribution is -2.47. The number of hydrogen-bond acceptors (Lipinski definition) is 2. The van der Waals surface area contributed by atoms with Crippen LogP contribution in [0.15, 0.2) is 0 Å². The number of nitriles is 1. The summed E-state index contributed by atoms with van der Waals surface area (Å²) >= 11 is 0. The van der Waals surface area contributed by atoms with Crippen molar-refractivity contribution in [1.82, 2.24) is 4.90 Å². The zero-order valence-corrected chi connectivity index (χ0v) is 10.6. The summed E-state index contributed by atoms with van der Waals surface area (Å²) < 4.78 is 0. The minimum Gasteiger partial charge on any atom is -0.339 e. The highest BCUT2D eigenvalue weighted by atomic mass is 16.2. The van der Waals surface area contributed by atoms with E-state index in [4.69, 9.17) is 5.26 Å². The molecule has 0 aromatic rings. The third-order valence-electron chi connectivity index (χ3n) is 3.43. The van der Waals surface area contributed by atoms with Gasteiger partial charge in [0.1, 0.15) is 5.92 Å². The Kier molecular flexibility index (Phi) is 4.79. The molecule has 1 rings (SSSR count). The molecule has 1 aliphatic rings. The largest absolute Gasteiger partial charge is 0.339 e. The van der Waals surface area contributed by atoms with Gasteiger partial charge in [0.25, 0.3) is 0 Å². The van der Waals surface area contributed by atoms with Crippen molar-refractivity contribution in [2.45, 2.75) is 52.5 Å². The fourth-order valence-electron chi connectivity index (χ4n) is 2.33. The molecule has 0 aromatic carbocycles. The highest BCUT2D eigenvalue weighted by molar-refractivity contribution is 5.81. The van der Waals surface area contributed by atoms with Crippen molar-refractivity contribution in [1.29, 1.82) is 5.26 Å². The highest BCUT2D eigenvalue weighted by Gasteiger charge is 2.31. The Morgan fingerprint density at radius 3 is 2.75 bits per heavy atom. The maximum Gasteiger partial charge on any atom is 0.240 e. The molecule has 0 aliphatic carbocycles. The number of likely N-dealkylation sites (tertiary alicyclic amines) is 1. The van der Waals surface area contributed by atoms with Crippen molar-refractivity contribution in [2.24, 2.45) is 11.8 Å². The first-order chi connectivity index (χ1) is 7.60. The van der Waals surface area contributed by atoms with Crippen LogP contribution < -0.4 is 0 Å². The Balaban J connectivity index is 2.67. The summed E-state index contributed by atoms with van der Waals surface area (Å²) in [4.78, 5) is 14.1. The van der Waals surface area contributed by atoms with Gasteiger partial charge in [-0.1, -0.05) is 20.3 Å². The van der Waals surface area contributed by atoms with Crippen LogP contribution in [0.5, 0.6) is 0 Å². The SMILES string of the molecule is CCCC(C#N)C(=O)N1CC(C)CCC1C. The first kappa shape index (κ1) is 13.0. The van der Waals surface area contributed by atoms with Crippen LogP contribution in [0.3, 0.4) is 0 Å². The fourth-order valence-corrected chi connectivity index (χ4v) is 2.33. The van der Waals surface area contributed by atoms with E-state index in [0.29, 0.717) is 18.4 Å². The zero-order chi connectivity index (χ0) is 12.1. The van der Waals surface area contributed by atoms with Crippen molar-refractivity contribution in [3.05, 3.63) is 0 Å². The second-order valence-corrected chi connectivity index (χ2v) is 4.99. The highest BCUT2D eigenvalue weighted by Crippen LogP contribution is 2.23. The van der Waals surface area contributed by atoms with Gasteiger partial charge >= 0.3 is 0 Å². The van der Waals surface area contributed by atoms with Crippen LogP contribution in [-0.2, 0) is 4.79 Å². The van der Waals surface area contributed by atoms with Gasteiger partial charge in [-0.3, -0.25) is 4.79 Å². The van der Waals surface area contributed by atoms with E-state index in [1.165, 1.54) is 6.42 Å². The summed E-state index contributed by atoms with van der Waals surface area (Å²) in [5.74, 6) is 0.183. The summed E-state index contributed by atoms with van der Waals surface area (Å²) in [6, 6.07) is 2.45. The molecule has 0 spiro atoms. The minimum absolute atomic E-state index is 0.0448. The van der Waals surface area contributed by atoms with E-state index >= 15 is 0 Å². The molecule has 0 saturated carbocycles. The van der Waals surface area contributed by atoms with E-state index in [-0.39, 0.29) is 5.91 Å². The molecule has 0 aromatic heterocycles. The summed E-state index contributed by atoms with van der Waals surface area (Å²) in [6.45, 7) is 7.10. The monoisotopic (exact) mass is 222 g/mol. The van der Waals surface area contributed by atoms with E-state index in [0.717, 1.165) is 19.4 Å². The zero-order valence-electron chi connectivity index (χ0n) is 10.6. The molecule has 1 amide bonds. The molecule has 0 bridgehead atoms. The molecule has 90 valence electrons. The standard InChI is InChI=1S/C13H22N2O/c1-4-5-12(8-14)13(16)15-9-10(2)6-7-11(15)3/h10-12H,4-7,9H2,1-3H3. The van der Waals surface area contributed by atoms with E-state index in [9.17, 15) is 4.79 Å². The Morgan fingerprint density at radius 1 is 1.50 bits per heavy atom. The maximum atomic E-state index is 12.2. The van der Waals surface area contributed by atoms with Crippen molar-refractivity contribution >= 4 is 5.91 Å². The maximum absolute atomic E-state index is 12.2. The lowest BCUT2D eigenvalue weighted by atomic mass is 9.93. The van der Waals surface area contributed by atoms with E-state index in [1.807, 2.05) is 11.8 Å². The molecule has 3 heteroatoms. The van der Waals surface area contributed by atoms with E-state index < -0.39 is 5.92 Å². The Hall–Kier alpha value is -1.04. The lowest BCUT2D eigenvalue weighted by Gasteiger charge is -2.37. The third kappa shape index (κ3) is 2.98. The molecule has 1 aliphatic heterocycles. The normalized spacial score (nSPS) is 27.2. The van der Waals surface area contributed by atoms with Gasteiger partial charge in [0.2, 0.25) is 5.91 Å². The quantitative estimate of drug-likeness (QED) is 0.736. The summed E-state index contributed by atoms with van der Waals surface area (Å²) in [6.07, 6.45) is 3.84. The van der Waals surface area contributed by atoms with Crippen LogP contribution in [0.2, 0.25) is 0 Å². The number of nitrogens with zero attached hydrogens (tertiary/aromatic N) is 2. The summed E-state index contributed by atoms with van der Waals surface area (Å²) in [5, 5.41) is 9.01. The molecular formula is C13H22N2O. The van der Waals surface area contributed by atoms with Gasteiger partial charge in [0.05, 0.1) is 6.07 Å². The average molecular weight is 222 g/mol. The predicted octanol–water partition coefficient (Wildman–Crippen LogP) is 2.57.